The molecule has 9 heteroatoms. The van der Waals surface area contributed by atoms with Crippen LogP contribution in [0, 0.1) is 11.3 Å². The summed E-state index contributed by atoms with van der Waals surface area (Å²) in [6, 6.07) is -0.461. The summed E-state index contributed by atoms with van der Waals surface area (Å²) in [5.74, 6) is -0.326. The maximum Gasteiger partial charge on any atom is 0.271 e. The molecule has 0 fully saturated rings. The normalized spacial score (nSPS) is 12.7. The molecule has 0 aliphatic rings. The molecule has 0 saturated carbocycles. The second kappa shape index (κ2) is 8.28. The zero-order valence-corrected chi connectivity index (χ0v) is 14.0. The summed E-state index contributed by atoms with van der Waals surface area (Å²) in [5.41, 5.74) is 5.57. The molecule has 0 aliphatic heterocycles. The minimum atomic E-state index is -0.755. The predicted octanol–water partition coefficient (Wildman–Crippen LogP) is 1.43. The van der Waals surface area contributed by atoms with Crippen LogP contribution in [-0.2, 0) is 4.79 Å². The standard InChI is InChI=1S/C14H20N6O2S/c1-7(2)9(15)4-11(23)20-14-12(13(16)22)17-5-10(19-14)18-8(3)6-21/h4-8,15,23H,1-3H3,(H2,16,22)(H2,18,19,20)/b11-4-,15-9?. The Kier molecular flexibility index (Phi) is 6.70. The highest BCUT2D eigenvalue weighted by Crippen LogP contribution is 2.17. The minimum Gasteiger partial charge on any atom is -0.364 e. The fraction of sp³-hybridized carbons (Fsp3) is 0.357. The Morgan fingerprint density at radius 1 is 1.43 bits per heavy atom. The van der Waals surface area contributed by atoms with Crippen LogP contribution in [0.15, 0.2) is 17.3 Å². The van der Waals surface area contributed by atoms with Crippen molar-refractivity contribution in [2.45, 2.75) is 26.8 Å². The first-order valence-corrected chi connectivity index (χ1v) is 7.34. The molecule has 0 radical (unpaired) electrons. The largest absolute Gasteiger partial charge is 0.364 e. The van der Waals surface area contributed by atoms with Gasteiger partial charge in [0, 0.05) is 5.71 Å². The molecule has 0 aromatic carbocycles. The number of anilines is 2. The van der Waals surface area contributed by atoms with Gasteiger partial charge in [-0.25, -0.2) is 9.97 Å². The predicted molar refractivity (Wildman–Crippen MR) is 93.0 cm³/mol. The van der Waals surface area contributed by atoms with Gasteiger partial charge in [-0.1, -0.05) is 13.8 Å². The van der Waals surface area contributed by atoms with Gasteiger partial charge in [-0.05, 0) is 18.9 Å². The van der Waals surface area contributed by atoms with E-state index in [0.29, 0.717) is 22.8 Å². The van der Waals surface area contributed by atoms with Crippen molar-refractivity contribution in [3.8, 4) is 0 Å². The lowest BCUT2D eigenvalue weighted by Crippen LogP contribution is -2.21. The van der Waals surface area contributed by atoms with Gasteiger partial charge in [-0.2, -0.15) is 0 Å². The number of allylic oxidation sites excluding steroid dienone is 1. The van der Waals surface area contributed by atoms with Gasteiger partial charge in [0.1, 0.15) is 12.1 Å². The van der Waals surface area contributed by atoms with Crippen LogP contribution >= 0.6 is 12.6 Å². The van der Waals surface area contributed by atoms with Gasteiger partial charge in [0.2, 0.25) is 0 Å². The number of primary amides is 1. The van der Waals surface area contributed by atoms with Crippen molar-refractivity contribution in [3.63, 3.8) is 0 Å². The quantitative estimate of drug-likeness (QED) is 0.277. The van der Waals surface area contributed by atoms with Crippen molar-refractivity contribution in [3.05, 3.63) is 23.0 Å². The molecule has 1 aromatic heterocycles. The van der Waals surface area contributed by atoms with E-state index < -0.39 is 11.9 Å². The van der Waals surface area contributed by atoms with Gasteiger partial charge in [0.25, 0.3) is 5.91 Å². The zero-order chi connectivity index (χ0) is 17.6. The van der Waals surface area contributed by atoms with Crippen LogP contribution in [0.3, 0.4) is 0 Å². The number of nitrogens with one attached hydrogen (secondary N) is 3. The van der Waals surface area contributed by atoms with E-state index >= 15 is 0 Å². The molecule has 0 aliphatic carbocycles. The van der Waals surface area contributed by atoms with Gasteiger partial charge < -0.3 is 26.6 Å². The molecular weight excluding hydrogens is 316 g/mol. The Labute approximate surface area is 139 Å². The van der Waals surface area contributed by atoms with Gasteiger partial charge in [0.15, 0.2) is 11.5 Å². The van der Waals surface area contributed by atoms with Crippen LogP contribution < -0.4 is 16.4 Å². The zero-order valence-electron chi connectivity index (χ0n) is 13.1. The van der Waals surface area contributed by atoms with Gasteiger partial charge in [-0.3, -0.25) is 4.79 Å². The minimum absolute atomic E-state index is 0.0297. The number of aromatic nitrogens is 2. The smallest absolute Gasteiger partial charge is 0.271 e. The number of rotatable bonds is 8. The number of thiol groups is 1. The highest BCUT2D eigenvalue weighted by Gasteiger charge is 2.14. The molecule has 1 aromatic rings. The third-order valence-corrected chi connectivity index (χ3v) is 2.99. The lowest BCUT2D eigenvalue weighted by Gasteiger charge is -2.13. The number of nitrogens with two attached hydrogens (primary N) is 1. The third kappa shape index (κ3) is 5.70. The van der Waals surface area contributed by atoms with E-state index in [4.69, 9.17) is 11.1 Å². The van der Waals surface area contributed by atoms with Crippen molar-refractivity contribution < 1.29 is 9.59 Å². The number of hydrogen-bond donors (Lipinski definition) is 5. The van der Waals surface area contributed by atoms with Gasteiger partial charge in [-0.15, -0.1) is 12.6 Å². The molecule has 1 unspecified atom stereocenters. The van der Waals surface area contributed by atoms with Crippen molar-refractivity contribution in [2.24, 2.45) is 11.7 Å². The molecule has 23 heavy (non-hydrogen) atoms. The second-order valence-corrected chi connectivity index (χ2v) is 5.63. The Morgan fingerprint density at radius 3 is 2.61 bits per heavy atom. The maximum absolute atomic E-state index is 11.4. The average Bonchev–Trinajstić information content (AvgIpc) is 2.46. The number of nitrogens with zero attached hydrogens (tertiary/aromatic N) is 2. The second-order valence-electron chi connectivity index (χ2n) is 5.15. The Morgan fingerprint density at radius 2 is 2.09 bits per heavy atom. The van der Waals surface area contributed by atoms with Crippen LogP contribution in [0.2, 0.25) is 0 Å². The van der Waals surface area contributed by atoms with E-state index in [0.717, 1.165) is 0 Å². The van der Waals surface area contributed by atoms with E-state index in [-0.39, 0.29) is 17.4 Å². The average molecular weight is 336 g/mol. The Hall–Kier alpha value is -2.42. The van der Waals surface area contributed by atoms with Crippen molar-refractivity contribution in [2.75, 3.05) is 10.6 Å². The summed E-state index contributed by atoms with van der Waals surface area (Å²) >= 11 is 4.23. The number of aldehydes is 1. The van der Waals surface area contributed by atoms with Crippen LogP contribution in [0.4, 0.5) is 11.6 Å². The van der Waals surface area contributed by atoms with Crippen LogP contribution in [0.25, 0.3) is 0 Å². The molecule has 0 spiro atoms. The number of amides is 1. The summed E-state index contributed by atoms with van der Waals surface area (Å²) in [6.45, 7) is 5.40. The van der Waals surface area contributed by atoms with Crippen molar-refractivity contribution in [1.29, 1.82) is 5.41 Å². The molecule has 1 amide bonds. The molecule has 1 heterocycles. The summed E-state index contributed by atoms with van der Waals surface area (Å²) in [5, 5.41) is 13.7. The third-order valence-electron chi connectivity index (χ3n) is 2.75. The van der Waals surface area contributed by atoms with Crippen molar-refractivity contribution >= 4 is 42.2 Å². The highest BCUT2D eigenvalue weighted by atomic mass is 32.1. The first-order chi connectivity index (χ1) is 10.7. The number of carbonyl (C=O) groups is 2. The van der Waals surface area contributed by atoms with E-state index in [1.54, 1.807) is 6.92 Å². The number of carbonyl (C=O) groups excluding carboxylic acids is 2. The lowest BCUT2D eigenvalue weighted by atomic mass is 10.1. The summed E-state index contributed by atoms with van der Waals surface area (Å²) in [7, 11) is 0. The topological polar surface area (TPSA) is 134 Å². The molecule has 0 saturated heterocycles. The van der Waals surface area contributed by atoms with Gasteiger partial charge >= 0.3 is 0 Å². The summed E-state index contributed by atoms with van der Waals surface area (Å²) in [4.78, 5) is 30.2. The molecule has 8 nitrogen and oxygen atoms in total. The maximum atomic E-state index is 11.4. The summed E-state index contributed by atoms with van der Waals surface area (Å²) < 4.78 is 0. The Bertz CT molecular complexity index is 644. The van der Waals surface area contributed by atoms with E-state index in [1.807, 2.05) is 13.8 Å². The first-order valence-electron chi connectivity index (χ1n) is 6.89. The first kappa shape index (κ1) is 18.6. The van der Waals surface area contributed by atoms with E-state index in [2.05, 4.69) is 33.2 Å². The molecule has 0 bridgehead atoms. The Balaban J connectivity index is 3.10. The van der Waals surface area contributed by atoms with E-state index in [1.165, 1.54) is 12.3 Å². The fourth-order valence-electron chi connectivity index (χ4n) is 1.46. The van der Waals surface area contributed by atoms with Crippen LogP contribution in [-0.4, -0.2) is 33.9 Å². The molecule has 1 rings (SSSR count). The van der Waals surface area contributed by atoms with E-state index in [9.17, 15) is 9.59 Å². The summed E-state index contributed by atoms with van der Waals surface area (Å²) in [6.07, 6.45) is 3.53. The SMILES string of the molecule is CC(C=O)Nc1cnc(C(N)=O)c(N/C(S)=C/C(=N)C(C)C)n1. The molecule has 124 valence electrons. The molecular formula is C14H20N6O2S. The van der Waals surface area contributed by atoms with Crippen LogP contribution in [0.5, 0.6) is 0 Å². The van der Waals surface area contributed by atoms with Crippen molar-refractivity contribution in [1.82, 2.24) is 9.97 Å². The van der Waals surface area contributed by atoms with Gasteiger partial charge in [0.05, 0.1) is 17.3 Å². The molecule has 1 atom stereocenters. The fourth-order valence-corrected chi connectivity index (χ4v) is 1.71. The lowest BCUT2D eigenvalue weighted by molar-refractivity contribution is -0.108. The number of hydrogen-bond acceptors (Lipinski definition) is 8. The highest BCUT2D eigenvalue weighted by molar-refractivity contribution is 7.84. The van der Waals surface area contributed by atoms with Crippen LogP contribution in [0.1, 0.15) is 31.3 Å². The molecule has 5 N–H and O–H groups in total. The monoisotopic (exact) mass is 336 g/mol.